The predicted molar refractivity (Wildman–Crippen MR) is 62.7 cm³/mol. The number of hydrogen-bond donors (Lipinski definition) is 1. The van der Waals surface area contributed by atoms with Crippen molar-refractivity contribution in [3.63, 3.8) is 0 Å². The van der Waals surface area contributed by atoms with Gasteiger partial charge in [0.2, 0.25) is 5.91 Å². The summed E-state index contributed by atoms with van der Waals surface area (Å²) in [6.45, 7) is 0.0685. The Kier molecular flexibility index (Phi) is 2.79. The molecule has 0 bridgehead atoms. The fraction of sp³-hybridized carbons (Fsp3) is 0.111. The van der Waals surface area contributed by atoms with Gasteiger partial charge in [-0.1, -0.05) is 15.9 Å². The summed E-state index contributed by atoms with van der Waals surface area (Å²) < 4.78 is 1.67. The van der Waals surface area contributed by atoms with Crippen LogP contribution in [0.2, 0.25) is 0 Å². The van der Waals surface area contributed by atoms with Crippen LogP contribution in [0.15, 0.2) is 27.1 Å². The van der Waals surface area contributed by atoms with Crippen LogP contribution in [-0.2, 0) is 4.79 Å². The van der Waals surface area contributed by atoms with Crippen molar-refractivity contribution in [1.29, 1.82) is 0 Å². The number of carbonyl (C=O) groups is 2. The Morgan fingerprint density at radius 2 is 2.00 bits per heavy atom. The molecule has 78 valence electrons. The summed E-state index contributed by atoms with van der Waals surface area (Å²) in [6.07, 6.45) is 0. The molecule has 0 aliphatic carbocycles. The van der Waals surface area contributed by atoms with E-state index in [1.165, 1.54) is 4.90 Å². The minimum Gasteiger partial charge on any atom is -0.284 e. The van der Waals surface area contributed by atoms with Crippen molar-refractivity contribution in [3.8, 4) is 0 Å². The second-order valence-corrected chi connectivity index (χ2v) is 4.81. The Morgan fingerprint density at radius 3 is 2.53 bits per heavy atom. The van der Waals surface area contributed by atoms with Crippen LogP contribution in [-0.4, -0.2) is 18.5 Å². The number of rotatable bonds is 1. The third-order valence-electron chi connectivity index (χ3n) is 1.99. The highest BCUT2D eigenvalue weighted by atomic mass is 79.9. The summed E-state index contributed by atoms with van der Waals surface area (Å²) in [4.78, 5) is 23.8. The van der Waals surface area contributed by atoms with Crippen molar-refractivity contribution in [2.24, 2.45) is 0 Å². The molecule has 1 aliphatic heterocycles. The Morgan fingerprint density at radius 1 is 1.27 bits per heavy atom. The molecular weight excluding hydrogens is 328 g/mol. The molecule has 15 heavy (non-hydrogen) atoms. The predicted octanol–water partition coefficient (Wildman–Crippen LogP) is 2.27. The molecule has 1 saturated heterocycles. The third kappa shape index (κ3) is 2.05. The van der Waals surface area contributed by atoms with E-state index in [0.29, 0.717) is 5.69 Å². The average Bonchev–Trinajstić information content (AvgIpc) is 2.45. The summed E-state index contributed by atoms with van der Waals surface area (Å²) in [7, 11) is 0. The first-order chi connectivity index (χ1) is 7.08. The van der Waals surface area contributed by atoms with Crippen molar-refractivity contribution in [1.82, 2.24) is 5.32 Å². The number of halogens is 2. The molecule has 2 rings (SSSR count). The standard InChI is InChI=1S/C9H6Br2N2O2/c10-5-1-2-7(6(11)3-5)13-4-8(14)12-9(13)15/h1-3H,4H2,(H,12,14,15). The van der Waals surface area contributed by atoms with Gasteiger partial charge in [-0.2, -0.15) is 0 Å². The molecule has 1 aromatic carbocycles. The first kappa shape index (κ1) is 10.6. The zero-order valence-corrected chi connectivity index (χ0v) is 10.6. The van der Waals surface area contributed by atoms with Gasteiger partial charge >= 0.3 is 6.03 Å². The summed E-state index contributed by atoms with van der Waals surface area (Å²) >= 11 is 6.66. The Balaban J connectivity index is 2.38. The second-order valence-electron chi connectivity index (χ2n) is 3.04. The highest BCUT2D eigenvalue weighted by molar-refractivity contribution is 9.11. The Labute approximate surface area is 103 Å². The Bertz CT molecular complexity index is 448. The molecule has 1 aromatic rings. The van der Waals surface area contributed by atoms with E-state index in [2.05, 4.69) is 37.2 Å². The van der Waals surface area contributed by atoms with Crippen LogP contribution in [0.5, 0.6) is 0 Å². The van der Waals surface area contributed by atoms with E-state index in [-0.39, 0.29) is 18.5 Å². The number of carbonyl (C=O) groups excluding carboxylic acids is 2. The molecule has 1 N–H and O–H groups in total. The van der Waals surface area contributed by atoms with E-state index in [1.54, 1.807) is 6.07 Å². The van der Waals surface area contributed by atoms with Crippen molar-refractivity contribution in [2.75, 3.05) is 11.4 Å². The maximum absolute atomic E-state index is 11.4. The van der Waals surface area contributed by atoms with E-state index in [4.69, 9.17) is 0 Å². The van der Waals surface area contributed by atoms with Crippen LogP contribution in [0.4, 0.5) is 10.5 Å². The van der Waals surface area contributed by atoms with Crippen LogP contribution in [0.3, 0.4) is 0 Å². The zero-order valence-electron chi connectivity index (χ0n) is 7.46. The normalized spacial score (nSPS) is 15.7. The number of imide groups is 1. The average molecular weight is 334 g/mol. The van der Waals surface area contributed by atoms with Gasteiger partial charge < -0.3 is 0 Å². The molecule has 1 fully saturated rings. The lowest BCUT2D eigenvalue weighted by Crippen LogP contribution is -2.28. The monoisotopic (exact) mass is 332 g/mol. The van der Waals surface area contributed by atoms with Gasteiger partial charge in [0.05, 0.1) is 5.69 Å². The number of anilines is 1. The van der Waals surface area contributed by atoms with Gasteiger partial charge in [0.15, 0.2) is 0 Å². The van der Waals surface area contributed by atoms with Crippen LogP contribution < -0.4 is 10.2 Å². The van der Waals surface area contributed by atoms with E-state index < -0.39 is 0 Å². The van der Waals surface area contributed by atoms with Gasteiger partial charge in [0, 0.05) is 8.95 Å². The summed E-state index contributed by atoms with van der Waals surface area (Å²) in [5.74, 6) is -0.283. The van der Waals surface area contributed by atoms with Gasteiger partial charge in [-0.15, -0.1) is 0 Å². The molecule has 0 aromatic heterocycles. The fourth-order valence-electron chi connectivity index (χ4n) is 1.34. The number of nitrogens with one attached hydrogen (secondary N) is 1. The number of nitrogens with zero attached hydrogens (tertiary/aromatic N) is 1. The molecule has 0 radical (unpaired) electrons. The number of amides is 3. The molecule has 3 amide bonds. The first-order valence-electron chi connectivity index (χ1n) is 4.14. The minimum atomic E-state index is -0.386. The van der Waals surface area contributed by atoms with Crippen LogP contribution >= 0.6 is 31.9 Å². The third-order valence-corrected chi connectivity index (χ3v) is 3.12. The minimum absolute atomic E-state index is 0.0685. The highest BCUT2D eigenvalue weighted by Crippen LogP contribution is 2.30. The molecule has 4 nitrogen and oxygen atoms in total. The second kappa shape index (κ2) is 3.94. The zero-order chi connectivity index (χ0) is 11.0. The van der Waals surface area contributed by atoms with E-state index in [1.807, 2.05) is 12.1 Å². The largest absolute Gasteiger partial charge is 0.329 e. The van der Waals surface area contributed by atoms with Crippen molar-refractivity contribution >= 4 is 49.5 Å². The molecular formula is C9H6Br2N2O2. The van der Waals surface area contributed by atoms with Crippen LogP contribution in [0.1, 0.15) is 0 Å². The van der Waals surface area contributed by atoms with E-state index in [9.17, 15) is 9.59 Å². The highest BCUT2D eigenvalue weighted by Gasteiger charge is 2.29. The quantitative estimate of drug-likeness (QED) is 0.801. The Hall–Kier alpha value is -0.880. The SMILES string of the molecule is O=C1CN(c2ccc(Br)cc2Br)C(=O)N1. The molecule has 0 unspecified atom stereocenters. The van der Waals surface area contributed by atoms with Crippen LogP contribution in [0, 0.1) is 0 Å². The van der Waals surface area contributed by atoms with Gasteiger partial charge in [-0.05, 0) is 34.1 Å². The summed E-state index contributed by atoms with van der Waals surface area (Å²) in [6, 6.07) is 5.02. The summed E-state index contributed by atoms with van der Waals surface area (Å²) in [5, 5.41) is 2.22. The molecule has 0 spiro atoms. The van der Waals surface area contributed by atoms with Gasteiger partial charge in [-0.25, -0.2) is 4.79 Å². The van der Waals surface area contributed by atoms with Gasteiger partial charge in [0.1, 0.15) is 6.54 Å². The number of benzene rings is 1. The van der Waals surface area contributed by atoms with E-state index >= 15 is 0 Å². The lowest BCUT2D eigenvalue weighted by Gasteiger charge is -2.14. The van der Waals surface area contributed by atoms with Crippen molar-refractivity contribution < 1.29 is 9.59 Å². The van der Waals surface area contributed by atoms with Crippen molar-refractivity contribution in [2.45, 2.75) is 0 Å². The number of urea groups is 1. The molecule has 0 atom stereocenters. The fourth-order valence-corrected chi connectivity index (χ4v) is 2.60. The lowest BCUT2D eigenvalue weighted by molar-refractivity contribution is -0.117. The summed E-state index contributed by atoms with van der Waals surface area (Å²) in [5.41, 5.74) is 0.682. The molecule has 6 heteroatoms. The molecule has 1 aliphatic rings. The maximum Gasteiger partial charge on any atom is 0.329 e. The number of hydrogen-bond acceptors (Lipinski definition) is 2. The van der Waals surface area contributed by atoms with Crippen LogP contribution in [0.25, 0.3) is 0 Å². The van der Waals surface area contributed by atoms with Crippen molar-refractivity contribution in [3.05, 3.63) is 27.1 Å². The molecule has 1 heterocycles. The van der Waals surface area contributed by atoms with Gasteiger partial charge in [-0.3, -0.25) is 15.0 Å². The van der Waals surface area contributed by atoms with Gasteiger partial charge in [0.25, 0.3) is 0 Å². The lowest BCUT2D eigenvalue weighted by atomic mass is 10.3. The maximum atomic E-state index is 11.4. The molecule has 0 saturated carbocycles. The topological polar surface area (TPSA) is 49.4 Å². The smallest absolute Gasteiger partial charge is 0.284 e. The first-order valence-corrected chi connectivity index (χ1v) is 5.73. The van der Waals surface area contributed by atoms with E-state index in [0.717, 1.165) is 8.95 Å².